The summed E-state index contributed by atoms with van der Waals surface area (Å²) in [6.07, 6.45) is 4.29. The van der Waals surface area contributed by atoms with Gasteiger partial charge >= 0.3 is 0 Å². The van der Waals surface area contributed by atoms with Crippen molar-refractivity contribution in [3.8, 4) is 0 Å². The maximum atomic E-state index is 12.0. The van der Waals surface area contributed by atoms with E-state index in [1.54, 1.807) is 31.4 Å². The second kappa shape index (κ2) is 4.88. The molecule has 0 atom stereocenters. The minimum Gasteiger partial charge on any atom is -0.294 e. The van der Waals surface area contributed by atoms with Gasteiger partial charge in [0.25, 0.3) is 5.91 Å². The number of rotatable bonds is 2. The number of anilines is 1. The molecule has 86 valence electrons. The summed E-state index contributed by atoms with van der Waals surface area (Å²) in [7, 11) is 1.63. The Balaban J connectivity index is 2.23. The van der Waals surface area contributed by atoms with Crippen LogP contribution in [0, 0.1) is 0 Å². The number of aromatic nitrogens is 3. The molecule has 5 nitrogen and oxygen atoms in total. The van der Waals surface area contributed by atoms with E-state index >= 15 is 0 Å². The van der Waals surface area contributed by atoms with Gasteiger partial charge in [-0.05, 0) is 12.1 Å². The van der Waals surface area contributed by atoms with E-state index in [0.717, 1.165) is 0 Å². The molecule has 0 spiro atoms. The molecule has 6 heteroatoms. The lowest BCUT2D eigenvalue weighted by Crippen LogP contribution is -2.27. The summed E-state index contributed by atoms with van der Waals surface area (Å²) in [6, 6.07) is 5.32. The van der Waals surface area contributed by atoms with Crippen LogP contribution in [0.4, 0.5) is 5.82 Å². The third-order valence-corrected chi connectivity index (χ3v) is 2.33. The lowest BCUT2D eigenvalue weighted by molar-refractivity contribution is 0.0987. The van der Waals surface area contributed by atoms with Crippen LogP contribution >= 0.6 is 11.6 Å². The Morgan fingerprint density at radius 1 is 1.24 bits per heavy atom. The monoisotopic (exact) mass is 248 g/mol. The number of hydrogen-bond acceptors (Lipinski definition) is 4. The van der Waals surface area contributed by atoms with Crippen LogP contribution in [0.1, 0.15) is 10.5 Å². The topological polar surface area (TPSA) is 59.0 Å². The number of amides is 1. The zero-order valence-electron chi connectivity index (χ0n) is 9.04. The Bertz CT molecular complexity index is 515. The zero-order valence-corrected chi connectivity index (χ0v) is 9.80. The third kappa shape index (κ3) is 2.57. The summed E-state index contributed by atoms with van der Waals surface area (Å²) in [5.41, 5.74) is 0.225. The highest BCUT2D eigenvalue weighted by molar-refractivity contribution is 6.29. The van der Waals surface area contributed by atoms with Gasteiger partial charge in [0.15, 0.2) is 0 Å². The Hall–Kier alpha value is -2.01. The van der Waals surface area contributed by atoms with Crippen molar-refractivity contribution in [2.75, 3.05) is 11.9 Å². The summed E-state index contributed by atoms with van der Waals surface area (Å²) in [5.74, 6) is 0.266. The first-order valence-electron chi connectivity index (χ1n) is 4.85. The minimum atomic E-state index is -0.284. The molecule has 2 aromatic rings. The lowest BCUT2D eigenvalue weighted by atomic mass is 10.3. The summed E-state index contributed by atoms with van der Waals surface area (Å²) >= 11 is 5.60. The quantitative estimate of drug-likeness (QED) is 0.813. The fourth-order valence-corrected chi connectivity index (χ4v) is 1.35. The maximum Gasteiger partial charge on any atom is 0.279 e. The van der Waals surface area contributed by atoms with Crippen molar-refractivity contribution >= 4 is 23.3 Å². The molecule has 0 aliphatic heterocycles. The van der Waals surface area contributed by atoms with Gasteiger partial charge in [0.1, 0.15) is 16.7 Å². The van der Waals surface area contributed by atoms with Crippen LogP contribution in [0.15, 0.2) is 36.8 Å². The van der Waals surface area contributed by atoms with E-state index < -0.39 is 0 Å². The number of hydrogen-bond donors (Lipinski definition) is 0. The van der Waals surface area contributed by atoms with Gasteiger partial charge in [0.05, 0.1) is 12.4 Å². The number of carbonyl (C=O) groups excluding carboxylic acids is 1. The zero-order chi connectivity index (χ0) is 12.3. The van der Waals surface area contributed by atoms with Crippen LogP contribution in [-0.4, -0.2) is 27.9 Å². The van der Waals surface area contributed by atoms with Gasteiger partial charge in [0.2, 0.25) is 0 Å². The van der Waals surface area contributed by atoms with E-state index in [4.69, 9.17) is 11.6 Å². The van der Waals surface area contributed by atoms with Crippen LogP contribution in [0.3, 0.4) is 0 Å². The van der Waals surface area contributed by atoms with E-state index in [1.165, 1.54) is 17.3 Å². The van der Waals surface area contributed by atoms with E-state index in [0.29, 0.717) is 5.82 Å². The molecule has 1 amide bonds. The Kier molecular flexibility index (Phi) is 3.30. The van der Waals surface area contributed by atoms with E-state index in [9.17, 15) is 4.79 Å². The van der Waals surface area contributed by atoms with Crippen molar-refractivity contribution in [3.63, 3.8) is 0 Å². The van der Waals surface area contributed by atoms with Gasteiger partial charge in [-0.3, -0.25) is 9.69 Å². The molecule has 2 heterocycles. The highest BCUT2D eigenvalue weighted by Crippen LogP contribution is 2.10. The standard InChI is InChI=1S/C11H9ClN4O/c1-16(10-4-2-3-5-13-10)11(17)8-6-15-9(12)7-14-8/h2-7H,1H3. The molecule has 0 fully saturated rings. The number of nitrogens with zero attached hydrogens (tertiary/aromatic N) is 4. The normalized spacial score (nSPS) is 10.0. The van der Waals surface area contributed by atoms with Crippen molar-refractivity contribution in [3.05, 3.63) is 47.6 Å². The Morgan fingerprint density at radius 3 is 2.65 bits per heavy atom. The van der Waals surface area contributed by atoms with Gasteiger partial charge < -0.3 is 0 Å². The molecule has 0 N–H and O–H groups in total. The van der Waals surface area contributed by atoms with Crippen molar-refractivity contribution < 1.29 is 4.79 Å². The molecule has 0 unspecified atom stereocenters. The summed E-state index contributed by atoms with van der Waals surface area (Å²) in [6.45, 7) is 0. The van der Waals surface area contributed by atoms with Crippen molar-refractivity contribution in [2.45, 2.75) is 0 Å². The largest absolute Gasteiger partial charge is 0.294 e. The molecule has 0 saturated carbocycles. The Labute approximate surface area is 103 Å². The van der Waals surface area contributed by atoms with Crippen LogP contribution in [0.25, 0.3) is 0 Å². The van der Waals surface area contributed by atoms with Gasteiger partial charge in [-0.25, -0.2) is 15.0 Å². The first kappa shape index (κ1) is 11.5. The van der Waals surface area contributed by atoms with Crippen molar-refractivity contribution in [2.24, 2.45) is 0 Å². The lowest BCUT2D eigenvalue weighted by Gasteiger charge is -2.14. The van der Waals surface area contributed by atoms with Gasteiger partial charge in [0, 0.05) is 13.2 Å². The fourth-order valence-electron chi connectivity index (χ4n) is 1.25. The van der Waals surface area contributed by atoms with Crippen LogP contribution in [0.5, 0.6) is 0 Å². The van der Waals surface area contributed by atoms with Crippen molar-refractivity contribution in [1.29, 1.82) is 0 Å². The third-order valence-electron chi connectivity index (χ3n) is 2.14. The van der Waals surface area contributed by atoms with Gasteiger partial charge in [-0.1, -0.05) is 17.7 Å². The molecule has 0 saturated heterocycles. The number of halogens is 1. The maximum absolute atomic E-state index is 12.0. The minimum absolute atomic E-state index is 0.225. The molecule has 2 rings (SSSR count). The Morgan fingerprint density at radius 2 is 2.06 bits per heavy atom. The van der Waals surface area contributed by atoms with Gasteiger partial charge in [-0.2, -0.15) is 0 Å². The number of carbonyl (C=O) groups is 1. The average molecular weight is 249 g/mol. The molecule has 0 aliphatic rings. The predicted octanol–water partition coefficient (Wildman–Crippen LogP) is 1.80. The van der Waals surface area contributed by atoms with Crippen LogP contribution < -0.4 is 4.90 Å². The average Bonchev–Trinajstić information content (AvgIpc) is 2.39. The second-order valence-electron chi connectivity index (χ2n) is 3.28. The predicted molar refractivity (Wildman–Crippen MR) is 64.0 cm³/mol. The highest BCUT2D eigenvalue weighted by atomic mass is 35.5. The van der Waals surface area contributed by atoms with Crippen LogP contribution in [-0.2, 0) is 0 Å². The number of pyridine rings is 1. The summed E-state index contributed by atoms with van der Waals surface area (Å²) in [5, 5.41) is 0.252. The molecule has 0 bridgehead atoms. The van der Waals surface area contributed by atoms with E-state index in [2.05, 4.69) is 15.0 Å². The molecule has 0 aliphatic carbocycles. The molecule has 17 heavy (non-hydrogen) atoms. The molecule has 2 aromatic heterocycles. The first-order chi connectivity index (χ1) is 8.18. The SMILES string of the molecule is CN(C(=O)c1cnc(Cl)cn1)c1ccccn1. The molecule has 0 aromatic carbocycles. The second-order valence-corrected chi connectivity index (χ2v) is 3.66. The highest BCUT2D eigenvalue weighted by Gasteiger charge is 2.15. The van der Waals surface area contributed by atoms with Crippen molar-refractivity contribution in [1.82, 2.24) is 15.0 Å². The summed E-state index contributed by atoms with van der Waals surface area (Å²) < 4.78 is 0. The molecular weight excluding hydrogens is 240 g/mol. The first-order valence-corrected chi connectivity index (χ1v) is 5.23. The molecular formula is C11H9ClN4O. The molecule has 0 radical (unpaired) electrons. The van der Waals surface area contributed by atoms with E-state index in [1.807, 2.05) is 0 Å². The van der Waals surface area contributed by atoms with E-state index in [-0.39, 0.29) is 16.8 Å². The fraction of sp³-hybridized carbons (Fsp3) is 0.0909. The summed E-state index contributed by atoms with van der Waals surface area (Å²) in [4.78, 5) is 25.2. The van der Waals surface area contributed by atoms with Gasteiger partial charge in [-0.15, -0.1) is 0 Å². The smallest absolute Gasteiger partial charge is 0.279 e. The van der Waals surface area contributed by atoms with Crippen LogP contribution in [0.2, 0.25) is 5.15 Å².